The van der Waals surface area contributed by atoms with Crippen LogP contribution in [0, 0.1) is 5.92 Å². The quantitative estimate of drug-likeness (QED) is 0.772. The molecule has 7 heteroatoms. The van der Waals surface area contributed by atoms with Gasteiger partial charge in [0, 0.05) is 29.9 Å². The number of amides is 1. The number of benzene rings is 1. The fourth-order valence-electron chi connectivity index (χ4n) is 3.11. The number of sulfone groups is 1. The van der Waals surface area contributed by atoms with Crippen LogP contribution < -0.4 is 4.90 Å². The van der Waals surface area contributed by atoms with Gasteiger partial charge in [-0.3, -0.25) is 9.69 Å². The molecule has 1 amide bonds. The zero-order valence-electron chi connectivity index (χ0n) is 12.6. The van der Waals surface area contributed by atoms with Gasteiger partial charge in [-0.2, -0.15) is 0 Å². The zero-order valence-corrected chi connectivity index (χ0v) is 13.5. The smallest absolute Gasteiger partial charge is 0.329 e. The second-order valence-corrected chi connectivity index (χ2v) is 7.69. The van der Waals surface area contributed by atoms with Crippen LogP contribution in [0.1, 0.15) is 12.0 Å². The van der Waals surface area contributed by atoms with Crippen molar-refractivity contribution in [2.24, 2.45) is 5.92 Å². The van der Waals surface area contributed by atoms with Crippen molar-refractivity contribution in [3.63, 3.8) is 0 Å². The van der Waals surface area contributed by atoms with E-state index in [1.54, 1.807) is 18.2 Å². The van der Waals surface area contributed by atoms with E-state index in [0.29, 0.717) is 12.1 Å². The molecule has 3 rings (SSSR count). The Bertz CT molecular complexity index is 783. The van der Waals surface area contributed by atoms with Gasteiger partial charge in [-0.1, -0.05) is 24.3 Å². The van der Waals surface area contributed by atoms with Crippen molar-refractivity contribution in [2.45, 2.75) is 18.9 Å². The molecule has 1 aromatic rings. The van der Waals surface area contributed by atoms with Gasteiger partial charge in [0.15, 0.2) is 9.84 Å². The highest BCUT2D eigenvalue weighted by Crippen LogP contribution is 2.34. The van der Waals surface area contributed by atoms with E-state index >= 15 is 0 Å². The van der Waals surface area contributed by atoms with Gasteiger partial charge in [0.1, 0.15) is 6.04 Å². The van der Waals surface area contributed by atoms with Crippen molar-refractivity contribution in [1.82, 2.24) is 0 Å². The molecule has 2 heterocycles. The maximum absolute atomic E-state index is 12.7. The number of hydrogen-bond donors (Lipinski definition) is 0. The summed E-state index contributed by atoms with van der Waals surface area (Å²) in [6, 6.07) is 6.63. The number of anilines is 1. The molecule has 0 radical (unpaired) electrons. The second kappa shape index (κ2) is 5.81. The molecule has 2 atom stereocenters. The van der Waals surface area contributed by atoms with Gasteiger partial charge in [0.25, 0.3) is 0 Å². The summed E-state index contributed by atoms with van der Waals surface area (Å²) in [6.45, 7) is 0. The van der Waals surface area contributed by atoms with Crippen LogP contribution in [0.25, 0.3) is 0 Å². The third kappa shape index (κ3) is 3.01. The molecule has 0 fully saturated rings. The van der Waals surface area contributed by atoms with E-state index < -0.39 is 21.8 Å². The van der Waals surface area contributed by atoms with Crippen LogP contribution >= 0.6 is 0 Å². The Kier molecular flexibility index (Phi) is 3.97. The summed E-state index contributed by atoms with van der Waals surface area (Å²) in [5.41, 5.74) is 1.60. The molecule has 0 N–H and O–H groups in total. The first kappa shape index (κ1) is 15.7. The highest BCUT2D eigenvalue weighted by atomic mass is 32.2. The Morgan fingerprint density at radius 2 is 2.04 bits per heavy atom. The van der Waals surface area contributed by atoms with Crippen LogP contribution in [0.4, 0.5) is 5.69 Å². The Hall–Kier alpha value is -2.15. The number of ether oxygens (including phenoxy) is 1. The van der Waals surface area contributed by atoms with Gasteiger partial charge >= 0.3 is 5.97 Å². The van der Waals surface area contributed by atoms with Gasteiger partial charge in [-0.05, 0) is 11.6 Å². The van der Waals surface area contributed by atoms with Crippen molar-refractivity contribution in [3.8, 4) is 0 Å². The third-order valence-corrected chi connectivity index (χ3v) is 5.62. The number of methoxy groups -OCH3 is 1. The minimum Gasteiger partial charge on any atom is -0.467 e. The van der Waals surface area contributed by atoms with Crippen molar-refractivity contribution in [3.05, 3.63) is 41.3 Å². The molecule has 0 unspecified atom stereocenters. The maximum Gasteiger partial charge on any atom is 0.329 e. The molecule has 0 aromatic heterocycles. The van der Waals surface area contributed by atoms with Crippen LogP contribution in [0.3, 0.4) is 0 Å². The van der Waals surface area contributed by atoms with E-state index in [0.717, 1.165) is 11.0 Å². The topological polar surface area (TPSA) is 80.8 Å². The second-order valence-electron chi connectivity index (χ2n) is 5.76. The maximum atomic E-state index is 12.7. The summed E-state index contributed by atoms with van der Waals surface area (Å²) in [6.07, 6.45) is 2.01. The number of fused-ring (bicyclic) bond motifs is 1. The first-order valence-electron chi connectivity index (χ1n) is 7.30. The molecular formula is C16H17NO5S. The van der Waals surface area contributed by atoms with Crippen molar-refractivity contribution in [2.75, 3.05) is 17.8 Å². The molecule has 6 nitrogen and oxygen atoms in total. The number of allylic oxidation sites excluding steroid dienone is 1. The Balaban J connectivity index is 1.84. The van der Waals surface area contributed by atoms with Crippen LogP contribution in [-0.2, 0) is 30.6 Å². The lowest BCUT2D eigenvalue weighted by atomic mass is 10.1. The van der Waals surface area contributed by atoms with Gasteiger partial charge in [0.2, 0.25) is 5.91 Å². The van der Waals surface area contributed by atoms with Gasteiger partial charge in [-0.15, -0.1) is 0 Å². The highest BCUT2D eigenvalue weighted by Gasteiger charge is 2.39. The lowest BCUT2D eigenvalue weighted by Crippen LogP contribution is -2.44. The fraction of sp³-hybridized carbons (Fsp3) is 0.375. The molecule has 2 aliphatic rings. The molecule has 2 aliphatic heterocycles. The molecule has 0 saturated heterocycles. The lowest BCUT2D eigenvalue weighted by Gasteiger charge is -2.24. The zero-order chi connectivity index (χ0) is 16.6. The molecule has 0 aliphatic carbocycles. The standard InChI is InChI=1S/C16H17NO5S/c1-22-16(19)14-9-12-4-2-3-5-13(12)17(14)15(18)8-11-6-7-23(20,21)10-11/h2-7,11,14H,8-10H2,1H3/t11-,14-/m1/s1. The summed E-state index contributed by atoms with van der Waals surface area (Å²) in [4.78, 5) is 26.2. The number of para-hydroxylation sites is 1. The first-order valence-corrected chi connectivity index (χ1v) is 9.01. The number of rotatable bonds is 3. The normalized spacial score (nSPS) is 24.5. The van der Waals surface area contributed by atoms with Crippen LogP contribution in [0.2, 0.25) is 0 Å². The summed E-state index contributed by atoms with van der Waals surface area (Å²) >= 11 is 0. The van der Waals surface area contributed by atoms with Gasteiger partial charge in [-0.25, -0.2) is 13.2 Å². The third-order valence-electron chi connectivity index (χ3n) is 4.16. The Labute approximate surface area is 134 Å². The van der Waals surface area contributed by atoms with Gasteiger partial charge < -0.3 is 4.74 Å². The number of nitrogens with zero attached hydrogens (tertiary/aromatic N) is 1. The molecule has 0 bridgehead atoms. The number of carbonyl (C=O) groups is 2. The largest absolute Gasteiger partial charge is 0.467 e. The van der Waals surface area contributed by atoms with E-state index in [1.165, 1.54) is 12.0 Å². The monoisotopic (exact) mass is 335 g/mol. The fourth-order valence-corrected chi connectivity index (χ4v) is 4.51. The van der Waals surface area contributed by atoms with E-state index in [2.05, 4.69) is 0 Å². The van der Waals surface area contributed by atoms with Crippen LogP contribution in [-0.4, -0.2) is 39.2 Å². The summed E-state index contributed by atoms with van der Waals surface area (Å²) in [5.74, 6) is -1.14. The van der Waals surface area contributed by atoms with E-state index in [9.17, 15) is 18.0 Å². The SMILES string of the molecule is COC(=O)[C@H]1Cc2ccccc2N1C(=O)C[C@H]1C=CS(=O)(=O)C1. The van der Waals surface area contributed by atoms with E-state index in [1.807, 2.05) is 12.1 Å². The van der Waals surface area contributed by atoms with Crippen molar-refractivity contribution >= 4 is 27.4 Å². The van der Waals surface area contributed by atoms with Gasteiger partial charge in [0.05, 0.1) is 12.9 Å². The average Bonchev–Trinajstić information content (AvgIpc) is 3.06. The Morgan fingerprint density at radius 1 is 1.30 bits per heavy atom. The molecule has 0 spiro atoms. The average molecular weight is 335 g/mol. The van der Waals surface area contributed by atoms with Crippen LogP contribution in [0.15, 0.2) is 35.7 Å². The summed E-state index contributed by atoms with van der Waals surface area (Å²) in [7, 11) is -1.91. The number of hydrogen-bond acceptors (Lipinski definition) is 5. The predicted molar refractivity (Wildman–Crippen MR) is 84.5 cm³/mol. The predicted octanol–water partition coefficient (Wildman–Crippen LogP) is 1.07. The number of esters is 1. The summed E-state index contributed by atoms with van der Waals surface area (Å²) < 4.78 is 27.8. The highest BCUT2D eigenvalue weighted by molar-refractivity contribution is 7.94. The first-order chi connectivity index (χ1) is 10.9. The molecule has 1 aromatic carbocycles. The lowest BCUT2D eigenvalue weighted by molar-refractivity contribution is -0.143. The molecule has 0 saturated carbocycles. The van der Waals surface area contributed by atoms with Crippen molar-refractivity contribution in [1.29, 1.82) is 0 Å². The van der Waals surface area contributed by atoms with Crippen molar-refractivity contribution < 1.29 is 22.7 Å². The molecular weight excluding hydrogens is 318 g/mol. The van der Waals surface area contributed by atoms with E-state index in [-0.39, 0.29) is 24.0 Å². The van der Waals surface area contributed by atoms with E-state index in [4.69, 9.17) is 4.74 Å². The minimum absolute atomic E-state index is 0.0531. The summed E-state index contributed by atoms with van der Waals surface area (Å²) in [5, 5.41) is 1.15. The minimum atomic E-state index is -3.20. The van der Waals surface area contributed by atoms with Crippen LogP contribution in [0.5, 0.6) is 0 Å². The molecule has 23 heavy (non-hydrogen) atoms. The Morgan fingerprint density at radius 3 is 2.70 bits per heavy atom. The number of carbonyl (C=O) groups excluding carboxylic acids is 2. The molecule has 122 valence electrons.